The molecule has 9 heteroatoms. The maximum absolute atomic E-state index is 12.5. The first-order chi connectivity index (χ1) is 12.4. The second-order valence-corrected chi connectivity index (χ2v) is 6.34. The van der Waals surface area contributed by atoms with Gasteiger partial charge in [0.25, 0.3) is 5.91 Å². The standard InChI is InChI=1S/C17H23N5O4/c1-10(2)13(15(24)21-12-6-8-19-16(25)14(12)23)22-17(26)20-9-11-5-3-4-7-18-11/h3-5,7,10,12-13H,6,8-9H2,1-2H3,(H,19,25)(H,21,24)(H2,20,22,26). The predicted molar refractivity (Wildman–Crippen MR) is 92.8 cm³/mol. The van der Waals surface area contributed by atoms with Gasteiger partial charge in [-0.15, -0.1) is 0 Å². The third kappa shape index (κ3) is 5.27. The average Bonchev–Trinajstić information content (AvgIpc) is 2.62. The molecule has 2 atom stereocenters. The van der Waals surface area contributed by atoms with E-state index in [0.29, 0.717) is 18.7 Å². The normalized spacial score (nSPS) is 18.0. The molecular weight excluding hydrogens is 338 g/mol. The van der Waals surface area contributed by atoms with E-state index in [-0.39, 0.29) is 12.5 Å². The van der Waals surface area contributed by atoms with Crippen LogP contribution in [0.5, 0.6) is 0 Å². The minimum atomic E-state index is -0.865. The summed E-state index contributed by atoms with van der Waals surface area (Å²) in [5.74, 6) is -2.08. The molecule has 2 unspecified atom stereocenters. The zero-order chi connectivity index (χ0) is 19.1. The molecule has 26 heavy (non-hydrogen) atoms. The van der Waals surface area contributed by atoms with Gasteiger partial charge in [0.15, 0.2) is 0 Å². The number of nitrogens with zero attached hydrogens (tertiary/aromatic N) is 1. The molecule has 0 aromatic carbocycles. The number of urea groups is 1. The van der Waals surface area contributed by atoms with E-state index in [1.165, 1.54) is 0 Å². The van der Waals surface area contributed by atoms with Crippen LogP contribution >= 0.6 is 0 Å². The number of ketones is 1. The Labute approximate surface area is 151 Å². The van der Waals surface area contributed by atoms with Crippen LogP contribution in [-0.2, 0) is 20.9 Å². The summed E-state index contributed by atoms with van der Waals surface area (Å²) in [4.78, 5) is 51.8. The molecule has 0 radical (unpaired) electrons. The number of piperidine rings is 1. The molecular formula is C17H23N5O4. The maximum atomic E-state index is 12.5. The second kappa shape index (κ2) is 8.93. The highest BCUT2D eigenvalue weighted by atomic mass is 16.2. The number of aromatic nitrogens is 1. The minimum Gasteiger partial charge on any atom is -0.349 e. The molecule has 1 aliphatic heterocycles. The number of Topliss-reactive ketones (excluding diaryl/α,β-unsaturated/α-hetero) is 1. The fourth-order valence-corrected chi connectivity index (χ4v) is 2.51. The van der Waals surface area contributed by atoms with Crippen LogP contribution in [0.4, 0.5) is 4.79 Å². The molecule has 0 aliphatic carbocycles. The quantitative estimate of drug-likeness (QED) is 0.507. The summed E-state index contributed by atoms with van der Waals surface area (Å²) < 4.78 is 0. The van der Waals surface area contributed by atoms with E-state index in [4.69, 9.17) is 0 Å². The lowest BCUT2D eigenvalue weighted by molar-refractivity contribution is -0.142. The summed E-state index contributed by atoms with van der Waals surface area (Å²) in [6.07, 6.45) is 1.95. The third-order valence-corrected chi connectivity index (χ3v) is 3.97. The van der Waals surface area contributed by atoms with Gasteiger partial charge in [-0.25, -0.2) is 4.79 Å². The molecule has 4 amide bonds. The predicted octanol–water partition coefficient (Wildman–Crippen LogP) is -0.521. The van der Waals surface area contributed by atoms with Gasteiger partial charge in [0.2, 0.25) is 11.7 Å². The zero-order valence-corrected chi connectivity index (χ0v) is 14.7. The number of carbonyl (C=O) groups excluding carboxylic acids is 4. The van der Waals surface area contributed by atoms with Crippen molar-refractivity contribution in [3.05, 3.63) is 30.1 Å². The smallest absolute Gasteiger partial charge is 0.315 e. The molecule has 1 aromatic rings. The highest BCUT2D eigenvalue weighted by molar-refractivity contribution is 6.39. The number of amides is 4. The largest absolute Gasteiger partial charge is 0.349 e. The van der Waals surface area contributed by atoms with E-state index >= 15 is 0 Å². The molecule has 1 aliphatic rings. The summed E-state index contributed by atoms with van der Waals surface area (Å²) in [6.45, 7) is 4.09. The molecule has 4 N–H and O–H groups in total. The molecule has 1 fully saturated rings. The van der Waals surface area contributed by atoms with Crippen molar-refractivity contribution in [3.8, 4) is 0 Å². The number of hydrogen-bond donors (Lipinski definition) is 4. The number of carbonyl (C=O) groups is 4. The lowest BCUT2D eigenvalue weighted by atomic mass is 10.0. The first-order valence-electron chi connectivity index (χ1n) is 8.45. The number of nitrogens with one attached hydrogen (secondary N) is 4. The molecule has 1 aromatic heterocycles. The van der Waals surface area contributed by atoms with Crippen LogP contribution in [-0.4, -0.2) is 47.2 Å². The molecule has 140 valence electrons. The Morgan fingerprint density at radius 3 is 2.73 bits per heavy atom. The van der Waals surface area contributed by atoms with Crippen LogP contribution in [0.3, 0.4) is 0 Å². The topological polar surface area (TPSA) is 129 Å². The van der Waals surface area contributed by atoms with Crippen LogP contribution < -0.4 is 21.3 Å². The maximum Gasteiger partial charge on any atom is 0.315 e. The molecule has 1 saturated heterocycles. The van der Waals surface area contributed by atoms with E-state index < -0.39 is 35.7 Å². The van der Waals surface area contributed by atoms with Crippen molar-refractivity contribution in [2.45, 2.75) is 38.9 Å². The fraction of sp³-hybridized carbons (Fsp3) is 0.471. The highest BCUT2D eigenvalue weighted by Gasteiger charge is 2.33. The van der Waals surface area contributed by atoms with E-state index in [9.17, 15) is 19.2 Å². The third-order valence-electron chi connectivity index (χ3n) is 3.97. The van der Waals surface area contributed by atoms with Gasteiger partial charge in [-0.2, -0.15) is 0 Å². The van der Waals surface area contributed by atoms with Crippen molar-refractivity contribution in [1.82, 2.24) is 26.3 Å². The first-order valence-corrected chi connectivity index (χ1v) is 8.45. The van der Waals surface area contributed by atoms with E-state index in [1.54, 1.807) is 32.2 Å². The number of rotatable bonds is 6. The Morgan fingerprint density at radius 1 is 1.31 bits per heavy atom. The second-order valence-electron chi connectivity index (χ2n) is 6.34. The van der Waals surface area contributed by atoms with Crippen molar-refractivity contribution >= 4 is 23.6 Å². The van der Waals surface area contributed by atoms with Crippen molar-refractivity contribution in [2.75, 3.05) is 6.54 Å². The summed E-state index contributed by atoms with van der Waals surface area (Å²) in [6, 6.07) is 3.14. The van der Waals surface area contributed by atoms with Crippen LogP contribution in [0.2, 0.25) is 0 Å². The SMILES string of the molecule is CC(C)C(NC(=O)NCc1ccccn1)C(=O)NC1CCNC(=O)C1=O. The van der Waals surface area contributed by atoms with Gasteiger partial charge in [-0.3, -0.25) is 19.4 Å². The van der Waals surface area contributed by atoms with Crippen molar-refractivity contribution < 1.29 is 19.2 Å². The summed E-state index contributed by atoms with van der Waals surface area (Å²) in [5.41, 5.74) is 0.687. The minimum absolute atomic E-state index is 0.205. The Kier molecular flexibility index (Phi) is 6.65. The van der Waals surface area contributed by atoms with Gasteiger partial charge in [-0.05, 0) is 24.5 Å². The van der Waals surface area contributed by atoms with E-state index in [1.807, 2.05) is 6.07 Å². The zero-order valence-electron chi connectivity index (χ0n) is 14.7. The number of pyridine rings is 1. The van der Waals surface area contributed by atoms with Gasteiger partial charge in [0.1, 0.15) is 6.04 Å². The summed E-state index contributed by atoms with van der Waals surface area (Å²) in [7, 11) is 0. The van der Waals surface area contributed by atoms with Crippen LogP contribution in [0, 0.1) is 5.92 Å². The molecule has 9 nitrogen and oxygen atoms in total. The van der Waals surface area contributed by atoms with E-state index in [2.05, 4.69) is 26.3 Å². The molecule has 0 saturated carbocycles. The van der Waals surface area contributed by atoms with Crippen molar-refractivity contribution in [2.24, 2.45) is 5.92 Å². The molecule has 2 heterocycles. The van der Waals surface area contributed by atoms with E-state index in [0.717, 1.165) is 0 Å². The number of hydrogen-bond acceptors (Lipinski definition) is 5. The molecule has 0 bridgehead atoms. The van der Waals surface area contributed by atoms with Gasteiger partial charge in [-0.1, -0.05) is 19.9 Å². The van der Waals surface area contributed by atoms with Crippen molar-refractivity contribution in [3.63, 3.8) is 0 Å². The van der Waals surface area contributed by atoms with Gasteiger partial charge >= 0.3 is 6.03 Å². The first kappa shape index (κ1) is 19.4. The van der Waals surface area contributed by atoms with Gasteiger partial charge < -0.3 is 21.3 Å². The van der Waals surface area contributed by atoms with Gasteiger partial charge in [0.05, 0.1) is 18.3 Å². The Hall–Kier alpha value is -2.97. The van der Waals surface area contributed by atoms with Crippen molar-refractivity contribution in [1.29, 1.82) is 0 Å². The Morgan fingerprint density at radius 2 is 2.08 bits per heavy atom. The lowest BCUT2D eigenvalue weighted by Gasteiger charge is -2.26. The van der Waals surface area contributed by atoms with Gasteiger partial charge in [0, 0.05) is 12.7 Å². The summed E-state index contributed by atoms with van der Waals surface area (Å²) in [5, 5.41) is 10.2. The highest BCUT2D eigenvalue weighted by Crippen LogP contribution is 2.05. The molecule has 0 spiro atoms. The summed E-state index contributed by atoms with van der Waals surface area (Å²) >= 11 is 0. The van der Waals surface area contributed by atoms with Crippen LogP contribution in [0.25, 0.3) is 0 Å². The Balaban J connectivity index is 1.90. The lowest BCUT2D eigenvalue weighted by Crippen LogP contribution is -2.58. The fourth-order valence-electron chi connectivity index (χ4n) is 2.51. The Bertz CT molecular complexity index is 677. The van der Waals surface area contributed by atoms with Crippen LogP contribution in [0.1, 0.15) is 26.0 Å². The van der Waals surface area contributed by atoms with Crippen LogP contribution in [0.15, 0.2) is 24.4 Å². The average molecular weight is 361 g/mol. The molecule has 2 rings (SSSR count). The monoisotopic (exact) mass is 361 g/mol.